The summed E-state index contributed by atoms with van der Waals surface area (Å²) in [6, 6.07) is 0. The van der Waals surface area contributed by atoms with Gasteiger partial charge < -0.3 is 5.32 Å². The van der Waals surface area contributed by atoms with Crippen LogP contribution in [0.1, 0.15) is 30.9 Å². The summed E-state index contributed by atoms with van der Waals surface area (Å²) >= 11 is 0. The highest BCUT2D eigenvalue weighted by atomic mass is 15.4. The van der Waals surface area contributed by atoms with E-state index in [0.717, 1.165) is 31.5 Å². The summed E-state index contributed by atoms with van der Waals surface area (Å²) in [5.74, 6) is 1.48. The topological polar surface area (TPSA) is 42.7 Å². The van der Waals surface area contributed by atoms with Crippen molar-refractivity contribution in [1.29, 1.82) is 0 Å². The molecule has 1 aromatic rings. The van der Waals surface area contributed by atoms with Gasteiger partial charge >= 0.3 is 0 Å². The molecule has 4 nitrogen and oxygen atoms in total. The smallest absolute Gasteiger partial charge is 0.0857 e. The van der Waals surface area contributed by atoms with Crippen LogP contribution in [0.3, 0.4) is 0 Å². The highest BCUT2D eigenvalue weighted by Gasteiger charge is 2.26. The zero-order valence-corrected chi connectivity index (χ0v) is 8.32. The SMILES string of the molecule is c1c(C2CC2)nnn1CC1CCNC1. The van der Waals surface area contributed by atoms with E-state index in [9.17, 15) is 0 Å². The fraction of sp³-hybridized carbons (Fsp3) is 0.800. The Morgan fingerprint density at radius 1 is 1.43 bits per heavy atom. The molecule has 2 heterocycles. The number of nitrogens with zero attached hydrogens (tertiary/aromatic N) is 3. The van der Waals surface area contributed by atoms with Crippen LogP contribution in [0, 0.1) is 5.92 Å². The second-order valence-corrected chi connectivity index (χ2v) is 4.50. The van der Waals surface area contributed by atoms with Crippen molar-refractivity contribution in [2.45, 2.75) is 31.7 Å². The van der Waals surface area contributed by atoms with Crippen LogP contribution in [-0.2, 0) is 6.54 Å². The van der Waals surface area contributed by atoms with E-state index in [2.05, 4.69) is 21.8 Å². The summed E-state index contributed by atoms with van der Waals surface area (Å²) in [6.07, 6.45) is 6.03. The predicted molar refractivity (Wildman–Crippen MR) is 53.0 cm³/mol. The van der Waals surface area contributed by atoms with Gasteiger partial charge in [0, 0.05) is 18.7 Å². The van der Waals surface area contributed by atoms with Crippen molar-refractivity contribution in [1.82, 2.24) is 20.3 Å². The fourth-order valence-corrected chi connectivity index (χ4v) is 2.10. The predicted octanol–water partition coefficient (Wildman–Crippen LogP) is 0.765. The fourth-order valence-electron chi connectivity index (χ4n) is 2.10. The van der Waals surface area contributed by atoms with Gasteiger partial charge in [-0.25, -0.2) is 0 Å². The van der Waals surface area contributed by atoms with Gasteiger partial charge in [0.15, 0.2) is 0 Å². The summed E-state index contributed by atoms with van der Waals surface area (Å²) in [5, 5.41) is 11.8. The molecule has 1 unspecified atom stereocenters. The third-order valence-corrected chi connectivity index (χ3v) is 3.16. The highest BCUT2D eigenvalue weighted by molar-refractivity contribution is 5.08. The third kappa shape index (κ3) is 1.66. The normalized spacial score (nSPS) is 27.0. The maximum atomic E-state index is 4.21. The van der Waals surface area contributed by atoms with Crippen molar-refractivity contribution in [2.75, 3.05) is 13.1 Å². The Morgan fingerprint density at radius 3 is 3.07 bits per heavy atom. The standard InChI is InChI=1S/C10H16N4/c1-2-9(1)10-7-14(13-12-10)6-8-3-4-11-5-8/h7-9,11H,1-6H2. The zero-order chi connectivity index (χ0) is 9.38. The average molecular weight is 192 g/mol. The molecule has 4 heteroatoms. The molecule has 1 saturated carbocycles. The zero-order valence-electron chi connectivity index (χ0n) is 8.32. The van der Waals surface area contributed by atoms with Crippen molar-refractivity contribution in [3.63, 3.8) is 0 Å². The Labute approximate surface area is 83.7 Å². The molecule has 76 valence electrons. The van der Waals surface area contributed by atoms with Gasteiger partial charge in [-0.05, 0) is 38.3 Å². The molecule has 1 aliphatic carbocycles. The molecule has 1 saturated heterocycles. The minimum atomic E-state index is 0.727. The first kappa shape index (κ1) is 8.41. The second-order valence-electron chi connectivity index (χ2n) is 4.50. The van der Waals surface area contributed by atoms with Gasteiger partial charge in [-0.1, -0.05) is 5.21 Å². The van der Waals surface area contributed by atoms with E-state index >= 15 is 0 Å². The van der Waals surface area contributed by atoms with Gasteiger partial charge in [0.2, 0.25) is 0 Å². The number of hydrogen-bond acceptors (Lipinski definition) is 3. The maximum Gasteiger partial charge on any atom is 0.0857 e. The largest absolute Gasteiger partial charge is 0.316 e. The lowest BCUT2D eigenvalue weighted by molar-refractivity contribution is 0.441. The molecule has 0 spiro atoms. The molecule has 2 aliphatic rings. The molecular formula is C10H16N4. The first-order valence-corrected chi connectivity index (χ1v) is 5.52. The Hall–Kier alpha value is -0.900. The van der Waals surface area contributed by atoms with Gasteiger partial charge in [-0.3, -0.25) is 4.68 Å². The van der Waals surface area contributed by atoms with Gasteiger partial charge in [0.05, 0.1) is 5.69 Å². The number of hydrogen-bond donors (Lipinski definition) is 1. The van der Waals surface area contributed by atoms with Crippen molar-refractivity contribution >= 4 is 0 Å². The van der Waals surface area contributed by atoms with Crippen LogP contribution in [0.25, 0.3) is 0 Å². The minimum absolute atomic E-state index is 0.727. The third-order valence-electron chi connectivity index (χ3n) is 3.16. The molecule has 0 aromatic carbocycles. The number of nitrogens with one attached hydrogen (secondary N) is 1. The van der Waals surface area contributed by atoms with E-state index in [1.165, 1.54) is 25.0 Å². The lowest BCUT2D eigenvalue weighted by Gasteiger charge is -2.06. The maximum absolute atomic E-state index is 4.21. The second kappa shape index (κ2) is 3.35. The lowest BCUT2D eigenvalue weighted by atomic mass is 10.1. The Morgan fingerprint density at radius 2 is 2.36 bits per heavy atom. The molecule has 0 bridgehead atoms. The first-order valence-electron chi connectivity index (χ1n) is 5.52. The van der Waals surface area contributed by atoms with Gasteiger partial charge in [-0.15, -0.1) is 5.10 Å². The first-order chi connectivity index (χ1) is 6.92. The van der Waals surface area contributed by atoms with E-state index in [4.69, 9.17) is 0 Å². The van der Waals surface area contributed by atoms with Gasteiger partial charge in [0.25, 0.3) is 0 Å². The Bertz CT molecular complexity index is 310. The van der Waals surface area contributed by atoms with Crippen LogP contribution in [0.5, 0.6) is 0 Å². The van der Waals surface area contributed by atoms with Gasteiger partial charge in [0.1, 0.15) is 0 Å². The van der Waals surface area contributed by atoms with E-state index in [0.29, 0.717) is 0 Å². The molecule has 1 N–H and O–H groups in total. The molecule has 1 aliphatic heterocycles. The molecule has 14 heavy (non-hydrogen) atoms. The summed E-state index contributed by atoms with van der Waals surface area (Å²) in [5.41, 5.74) is 1.20. The van der Waals surface area contributed by atoms with Crippen molar-refractivity contribution in [2.24, 2.45) is 5.92 Å². The molecule has 0 radical (unpaired) electrons. The van der Waals surface area contributed by atoms with Crippen LogP contribution in [0.15, 0.2) is 6.20 Å². The van der Waals surface area contributed by atoms with Crippen molar-refractivity contribution < 1.29 is 0 Å². The monoisotopic (exact) mass is 192 g/mol. The number of rotatable bonds is 3. The summed E-state index contributed by atoms with van der Waals surface area (Å²) in [4.78, 5) is 0. The lowest BCUT2D eigenvalue weighted by Crippen LogP contribution is -2.14. The van der Waals surface area contributed by atoms with E-state index < -0.39 is 0 Å². The molecule has 0 amide bonds. The molecule has 1 atom stereocenters. The summed E-state index contributed by atoms with van der Waals surface area (Å²) in [6.45, 7) is 3.33. The van der Waals surface area contributed by atoms with Crippen LogP contribution in [0.2, 0.25) is 0 Å². The van der Waals surface area contributed by atoms with Crippen molar-refractivity contribution in [3.8, 4) is 0 Å². The van der Waals surface area contributed by atoms with E-state index in [1.54, 1.807) is 0 Å². The Kier molecular flexibility index (Phi) is 2.01. The number of aromatic nitrogens is 3. The summed E-state index contributed by atoms with van der Waals surface area (Å²) in [7, 11) is 0. The minimum Gasteiger partial charge on any atom is -0.316 e. The van der Waals surface area contributed by atoms with Crippen LogP contribution >= 0.6 is 0 Å². The molecule has 2 fully saturated rings. The van der Waals surface area contributed by atoms with Crippen LogP contribution in [0.4, 0.5) is 0 Å². The summed E-state index contributed by atoms with van der Waals surface area (Å²) < 4.78 is 2.02. The van der Waals surface area contributed by atoms with Crippen LogP contribution < -0.4 is 5.32 Å². The van der Waals surface area contributed by atoms with Gasteiger partial charge in [-0.2, -0.15) is 0 Å². The Balaban J connectivity index is 1.64. The van der Waals surface area contributed by atoms with Crippen molar-refractivity contribution in [3.05, 3.63) is 11.9 Å². The van der Waals surface area contributed by atoms with Crippen LogP contribution in [-0.4, -0.2) is 28.1 Å². The highest BCUT2D eigenvalue weighted by Crippen LogP contribution is 2.38. The molecule has 1 aromatic heterocycles. The van der Waals surface area contributed by atoms with E-state index in [1.807, 2.05) is 4.68 Å². The molecule has 3 rings (SSSR count). The average Bonchev–Trinajstić information content (AvgIpc) is 2.75. The quantitative estimate of drug-likeness (QED) is 0.769. The van der Waals surface area contributed by atoms with E-state index in [-0.39, 0.29) is 0 Å². The molecular weight excluding hydrogens is 176 g/mol.